The number of hydrogen-bond donors (Lipinski definition) is 3. The lowest BCUT2D eigenvalue weighted by Gasteiger charge is -2.07. The minimum Gasteiger partial charge on any atom is -0.497 e. The van der Waals surface area contributed by atoms with E-state index in [2.05, 4.69) is 35.5 Å². The van der Waals surface area contributed by atoms with Crippen molar-refractivity contribution in [1.29, 1.82) is 0 Å². The van der Waals surface area contributed by atoms with E-state index in [1.807, 2.05) is 48.5 Å². The van der Waals surface area contributed by atoms with Crippen LogP contribution in [-0.4, -0.2) is 43.2 Å². The van der Waals surface area contributed by atoms with Crippen LogP contribution in [0.25, 0.3) is 55.6 Å². The van der Waals surface area contributed by atoms with E-state index >= 15 is 0 Å². The lowest BCUT2D eigenvalue weighted by Crippen LogP contribution is -2.14. The third-order valence-electron chi connectivity index (χ3n) is 7.19. The molecule has 2 aromatic carbocycles. The van der Waals surface area contributed by atoms with E-state index in [0.29, 0.717) is 28.4 Å². The molecule has 0 atom stereocenters. The second-order valence-electron chi connectivity index (χ2n) is 10.1. The van der Waals surface area contributed by atoms with Gasteiger partial charge in [-0.15, -0.1) is 0 Å². The number of amides is 1. The number of aromatic nitrogens is 6. The van der Waals surface area contributed by atoms with E-state index < -0.39 is 5.82 Å². The van der Waals surface area contributed by atoms with Crippen LogP contribution in [0.2, 0.25) is 0 Å². The molecule has 0 bridgehead atoms. The number of pyridine rings is 3. The highest BCUT2D eigenvalue weighted by atomic mass is 19.1. The quantitative estimate of drug-likeness (QED) is 0.200. The van der Waals surface area contributed by atoms with E-state index in [1.54, 1.807) is 37.1 Å². The fourth-order valence-electron chi connectivity index (χ4n) is 5.16. The van der Waals surface area contributed by atoms with Gasteiger partial charge in [0.15, 0.2) is 0 Å². The Kier molecular flexibility index (Phi) is 6.55. The number of anilines is 1. The van der Waals surface area contributed by atoms with Gasteiger partial charge in [-0.1, -0.05) is 30.3 Å². The predicted molar refractivity (Wildman–Crippen MR) is 163 cm³/mol. The fourth-order valence-corrected chi connectivity index (χ4v) is 5.16. The number of carbonyl (C=O) groups is 1. The number of benzene rings is 2. The molecule has 3 N–H and O–H groups in total. The third-order valence-corrected chi connectivity index (χ3v) is 7.19. The molecule has 0 saturated carbocycles. The Balaban J connectivity index is 1.22. The number of H-pyrrole nitrogens is 2. The molecule has 9 nitrogen and oxygen atoms in total. The van der Waals surface area contributed by atoms with Crippen LogP contribution in [-0.2, 0) is 11.2 Å². The molecule has 0 aliphatic heterocycles. The van der Waals surface area contributed by atoms with Crippen molar-refractivity contribution in [3.05, 3.63) is 109 Å². The number of aromatic amines is 2. The van der Waals surface area contributed by atoms with Crippen molar-refractivity contribution >= 4 is 33.4 Å². The van der Waals surface area contributed by atoms with Gasteiger partial charge in [0.25, 0.3) is 0 Å². The Hall–Kier alpha value is -5.90. The largest absolute Gasteiger partial charge is 0.497 e. The second kappa shape index (κ2) is 10.8. The van der Waals surface area contributed by atoms with Gasteiger partial charge in [-0.2, -0.15) is 5.10 Å². The Morgan fingerprint density at radius 1 is 0.884 bits per heavy atom. The molecule has 1 amide bonds. The van der Waals surface area contributed by atoms with Gasteiger partial charge in [-0.25, -0.2) is 4.39 Å². The Morgan fingerprint density at radius 2 is 1.74 bits per heavy atom. The van der Waals surface area contributed by atoms with Crippen molar-refractivity contribution in [2.24, 2.45) is 0 Å². The maximum atomic E-state index is 14.3. The topological polar surface area (TPSA) is 121 Å². The molecule has 0 radical (unpaired) electrons. The summed E-state index contributed by atoms with van der Waals surface area (Å²) in [5.41, 5.74) is 7.34. The minimum absolute atomic E-state index is 0.130. The van der Waals surface area contributed by atoms with Crippen molar-refractivity contribution in [3.8, 4) is 39.5 Å². The maximum Gasteiger partial charge on any atom is 0.228 e. The van der Waals surface area contributed by atoms with E-state index in [4.69, 9.17) is 4.74 Å². The molecule has 0 aliphatic rings. The Bertz CT molecular complexity index is 2120. The highest BCUT2D eigenvalue weighted by molar-refractivity contribution is 6.01. The SMILES string of the molecule is COc1cc(F)cc(-c2cncc3[nH]c(-c4n[nH]c5cnc(-c6cncc(NC(=O)Cc7ccccc7)c6)cc45)cc23)c1. The van der Waals surface area contributed by atoms with Gasteiger partial charge in [0.2, 0.25) is 5.91 Å². The van der Waals surface area contributed by atoms with E-state index in [9.17, 15) is 9.18 Å². The summed E-state index contributed by atoms with van der Waals surface area (Å²) in [5, 5.41) is 12.3. The van der Waals surface area contributed by atoms with Gasteiger partial charge < -0.3 is 15.0 Å². The summed E-state index contributed by atoms with van der Waals surface area (Å²) < 4.78 is 19.6. The monoisotopic (exact) mass is 569 g/mol. The third kappa shape index (κ3) is 5.17. The molecule has 0 saturated heterocycles. The van der Waals surface area contributed by atoms with E-state index in [0.717, 1.165) is 44.2 Å². The van der Waals surface area contributed by atoms with Crippen LogP contribution in [0.15, 0.2) is 97.7 Å². The van der Waals surface area contributed by atoms with Crippen LogP contribution >= 0.6 is 0 Å². The standard InChI is InChI=1S/C33H24FN7O2/c1-43-24-10-20(8-22(34)11-24)27-16-36-17-30-25(27)12-29(39-30)33-26-13-28(37-18-31(26)40-41-33)21-9-23(15-35-14-21)38-32(42)7-19-5-3-2-4-6-19/h2-6,8-18,39H,7H2,1H3,(H,38,42)(H,40,41). The summed E-state index contributed by atoms with van der Waals surface area (Å²) in [6.07, 6.45) is 8.73. The van der Waals surface area contributed by atoms with Crippen molar-refractivity contribution in [3.63, 3.8) is 0 Å². The van der Waals surface area contributed by atoms with Gasteiger partial charge in [-0.05, 0) is 41.5 Å². The summed E-state index contributed by atoms with van der Waals surface area (Å²) >= 11 is 0. The molecule has 43 heavy (non-hydrogen) atoms. The van der Waals surface area contributed by atoms with Crippen LogP contribution < -0.4 is 10.1 Å². The summed E-state index contributed by atoms with van der Waals surface area (Å²) in [6.45, 7) is 0. The molecular formula is C33H24FN7O2. The average molecular weight is 570 g/mol. The summed E-state index contributed by atoms with van der Waals surface area (Å²) in [6, 6.07) is 19.9. The highest BCUT2D eigenvalue weighted by Crippen LogP contribution is 2.35. The first-order valence-corrected chi connectivity index (χ1v) is 13.5. The average Bonchev–Trinajstić information content (AvgIpc) is 3.65. The molecule has 5 aromatic heterocycles. The molecular weight excluding hydrogens is 545 g/mol. The summed E-state index contributed by atoms with van der Waals surface area (Å²) in [4.78, 5) is 29.3. The number of halogens is 1. The van der Waals surface area contributed by atoms with Gasteiger partial charge >= 0.3 is 0 Å². The van der Waals surface area contributed by atoms with Gasteiger partial charge in [0, 0.05) is 40.4 Å². The van der Waals surface area contributed by atoms with E-state index in [-0.39, 0.29) is 12.3 Å². The number of rotatable bonds is 7. The lowest BCUT2D eigenvalue weighted by molar-refractivity contribution is -0.115. The normalized spacial score (nSPS) is 11.2. The first-order chi connectivity index (χ1) is 21.0. The van der Waals surface area contributed by atoms with Crippen LogP contribution in [0, 0.1) is 5.82 Å². The number of hydrogen-bond acceptors (Lipinski definition) is 6. The number of methoxy groups -OCH3 is 1. The summed E-state index contributed by atoms with van der Waals surface area (Å²) in [7, 11) is 1.51. The van der Waals surface area contributed by atoms with Crippen LogP contribution in [0.3, 0.4) is 0 Å². The number of ether oxygens (including phenoxy) is 1. The Labute approximate surface area is 244 Å². The van der Waals surface area contributed by atoms with Gasteiger partial charge in [0.1, 0.15) is 17.3 Å². The Morgan fingerprint density at radius 3 is 2.60 bits per heavy atom. The zero-order chi connectivity index (χ0) is 29.3. The van der Waals surface area contributed by atoms with Crippen molar-refractivity contribution in [2.45, 2.75) is 6.42 Å². The first kappa shape index (κ1) is 26.0. The summed E-state index contributed by atoms with van der Waals surface area (Å²) in [5.74, 6) is -0.0970. The molecule has 0 spiro atoms. The zero-order valence-corrected chi connectivity index (χ0v) is 22.9. The molecule has 0 aliphatic carbocycles. The van der Waals surface area contributed by atoms with Crippen molar-refractivity contribution in [1.82, 2.24) is 30.1 Å². The van der Waals surface area contributed by atoms with Crippen LogP contribution in [0.1, 0.15) is 5.56 Å². The molecule has 5 heterocycles. The minimum atomic E-state index is -0.394. The number of nitrogens with one attached hydrogen (secondary N) is 3. The smallest absolute Gasteiger partial charge is 0.228 e. The van der Waals surface area contributed by atoms with Crippen LogP contribution in [0.4, 0.5) is 10.1 Å². The molecule has 0 fully saturated rings. The van der Waals surface area contributed by atoms with Gasteiger partial charge in [-0.3, -0.25) is 24.8 Å². The van der Waals surface area contributed by atoms with Crippen molar-refractivity contribution < 1.29 is 13.9 Å². The van der Waals surface area contributed by atoms with Crippen molar-refractivity contribution in [2.75, 3.05) is 12.4 Å². The lowest BCUT2D eigenvalue weighted by atomic mass is 10.0. The van der Waals surface area contributed by atoms with E-state index in [1.165, 1.54) is 19.2 Å². The number of carbonyl (C=O) groups excluding carboxylic acids is 1. The molecule has 7 rings (SSSR count). The number of nitrogens with zero attached hydrogens (tertiary/aromatic N) is 4. The molecule has 10 heteroatoms. The van der Waals surface area contributed by atoms with Gasteiger partial charge in [0.05, 0.1) is 60.2 Å². The predicted octanol–water partition coefficient (Wildman–Crippen LogP) is 6.56. The molecule has 210 valence electrons. The zero-order valence-electron chi connectivity index (χ0n) is 22.9. The molecule has 0 unspecified atom stereocenters. The fraction of sp³-hybridized carbons (Fsp3) is 0.0606. The van der Waals surface area contributed by atoms with Crippen LogP contribution in [0.5, 0.6) is 5.75 Å². The highest BCUT2D eigenvalue weighted by Gasteiger charge is 2.16. The number of fused-ring (bicyclic) bond motifs is 2. The maximum absolute atomic E-state index is 14.3. The second-order valence-corrected chi connectivity index (χ2v) is 10.1. The first-order valence-electron chi connectivity index (χ1n) is 13.5. The molecule has 7 aromatic rings.